The molecule has 10 nitrogen and oxygen atoms in total. The van der Waals surface area contributed by atoms with Crippen molar-refractivity contribution >= 4 is 22.9 Å². The molecule has 3 heterocycles. The molecule has 3 aromatic carbocycles. The molecule has 5 aromatic rings. The maximum atomic E-state index is 11.2. The highest BCUT2D eigenvalue weighted by Gasteiger charge is 2.42. The van der Waals surface area contributed by atoms with Crippen LogP contribution in [-0.4, -0.2) is 75.1 Å². The molecule has 228 valence electrons. The second kappa shape index (κ2) is 13.3. The highest BCUT2D eigenvalue weighted by molar-refractivity contribution is 7.99. The van der Waals surface area contributed by atoms with Gasteiger partial charge < -0.3 is 29.2 Å². The predicted octanol–water partition coefficient (Wildman–Crippen LogP) is 4.59. The number of ether oxygens (including phenoxy) is 4. The summed E-state index contributed by atoms with van der Waals surface area (Å²) in [6.07, 6.45) is 1.56. The largest absolute Gasteiger partial charge is 0.497 e. The molecule has 2 N–H and O–H groups in total. The van der Waals surface area contributed by atoms with E-state index in [0.717, 1.165) is 28.2 Å². The second-order valence-corrected chi connectivity index (χ2v) is 11.4. The number of rotatable bonds is 12. The smallest absolute Gasteiger partial charge is 0.166 e. The summed E-state index contributed by atoms with van der Waals surface area (Å²) in [7, 11) is 3.28. The van der Waals surface area contributed by atoms with Gasteiger partial charge >= 0.3 is 0 Å². The minimum atomic E-state index is -1.03. The summed E-state index contributed by atoms with van der Waals surface area (Å²) >= 11 is 1.41. The number of aliphatic hydroxyl groups excluding tert-OH is 2. The number of benzene rings is 3. The Bertz CT molecular complexity index is 1620. The summed E-state index contributed by atoms with van der Waals surface area (Å²) in [6, 6.07) is 25.6. The number of aliphatic hydroxyl groups is 2. The van der Waals surface area contributed by atoms with Gasteiger partial charge in [-0.2, -0.15) is 0 Å². The van der Waals surface area contributed by atoms with Crippen LogP contribution in [0.2, 0.25) is 0 Å². The van der Waals surface area contributed by atoms with Crippen molar-refractivity contribution < 1.29 is 29.2 Å². The number of nitrogens with zero attached hydrogens (tertiary/aromatic N) is 4. The number of fused-ring (bicyclic) bond motifs is 1. The van der Waals surface area contributed by atoms with E-state index in [1.54, 1.807) is 20.5 Å². The minimum Gasteiger partial charge on any atom is -0.497 e. The minimum absolute atomic E-state index is 0.0357. The van der Waals surface area contributed by atoms with E-state index in [1.165, 1.54) is 18.1 Å². The number of hydrogen-bond acceptors (Lipinski definition) is 10. The second-order valence-electron chi connectivity index (χ2n) is 10.3. The van der Waals surface area contributed by atoms with Gasteiger partial charge in [0.15, 0.2) is 5.65 Å². The molecule has 11 heteroatoms. The van der Waals surface area contributed by atoms with E-state index in [1.807, 2.05) is 83.4 Å². The van der Waals surface area contributed by atoms with Crippen LogP contribution in [0.3, 0.4) is 0 Å². The quantitative estimate of drug-likeness (QED) is 0.117. The highest BCUT2D eigenvalue weighted by Crippen LogP contribution is 2.43. The maximum Gasteiger partial charge on any atom is 0.166 e. The van der Waals surface area contributed by atoms with E-state index in [-0.39, 0.29) is 13.2 Å². The Labute approximate surface area is 259 Å². The number of hydrogen-bond donors (Lipinski definition) is 2. The molecular weight excluding hydrogens is 580 g/mol. The van der Waals surface area contributed by atoms with Crippen molar-refractivity contribution in [3.63, 3.8) is 0 Å². The van der Waals surface area contributed by atoms with Gasteiger partial charge in [0.2, 0.25) is 0 Å². The fourth-order valence-electron chi connectivity index (χ4n) is 5.61. The third-order valence-electron chi connectivity index (χ3n) is 7.81. The molecule has 0 bridgehead atoms. The third-order valence-corrected chi connectivity index (χ3v) is 8.77. The Morgan fingerprint density at radius 3 is 2.14 bits per heavy atom. The first-order chi connectivity index (χ1) is 21.6. The number of thioether (sulfide) groups is 1. The van der Waals surface area contributed by atoms with Gasteiger partial charge in [-0.3, -0.25) is 4.57 Å². The number of methoxy groups -OCH3 is 2. The topological polar surface area (TPSA) is 121 Å². The zero-order valence-electron chi connectivity index (χ0n) is 24.4. The van der Waals surface area contributed by atoms with Crippen LogP contribution in [0.1, 0.15) is 29.3 Å². The first-order valence-electron chi connectivity index (χ1n) is 14.3. The van der Waals surface area contributed by atoms with E-state index < -0.39 is 24.0 Å². The zero-order chi connectivity index (χ0) is 30.5. The van der Waals surface area contributed by atoms with Crippen molar-refractivity contribution in [1.29, 1.82) is 0 Å². The maximum absolute atomic E-state index is 11.2. The average molecular weight is 615 g/mol. The van der Waals surface area contributed by atoms with Gasteiger partial charge in [0.1, 0.15) is 46.3 Å². The summed E-state index contributed by atoms with van der Waals surface area (Å²) < 4.78 is 26.1. The lowest BCUT2D eigenvalue weighted by molar-refractivity contribution is -0.0931. The van der Waals surface area contributed by atoms with Crippen LogP contribution in [0.5, 0.6) is 11.5 Å². The van der Waals surface area contributed by atoms with Crippen molar-refractivity contribution in [3.05, 3.63) is 108 Å². The van der Waals surface area contributed by atoms with Crippen molar-refractivity contribution in [2.75, 3.05) is 33.2 Å². The zero-order valence-corrected chi connectivity index (χ0v) is 25.3. The van der Waals surface area contributed by atoms with Gasteiger partial charge in [0.05, 0.1) is 39.9 Å². The van der Waals surface area contributed by atoms with Crippen LogP contribution >= 0.6 is 11.8 Å². The van der Waals surface area contributed by atoms with Crippen LogP contribution < -0.4 is 9.47 Å². The summed E-state index contributed by atoms with van der Waals surface area (Å²) in [6.45, 7) is 0.137. The van der Waals surface area contributed by atoms with Gasteiger partial charge in [0, 0.05) is 12.2 Å². The molecule has 1 aliphatic rings. The molecule has 1 fully saturated rings. The van der Waals surface area contributed by atoms with Gasteiger partial charge in [0.25, 0.3) is 0 Å². The van der Waals surface area contributed by atoms with Crippen molar-refractivity contribution in [2.45, 2.75) is 35.5 Å². The molecule has 0 spiro atoms. The molecule has 0 aliphatic carbocycles. The monoisotopic (exact) mass is 614 g/mol. The van der Waals surface area contributed by atoms with Crippen molar-refractivity contribution in [2.24, 2.45) is 0 Å². The molecule has 0 unspecified atom stereocenters. The highest BCUT2D eigenvalue weighted by atomic mass is 32.2. The summed E-state index contributed by atoms with van der Waals surface area (Å²) in [5.41, 5.74) is 2.91. The summed E-state index contributed by atoms with van der Waals surface area (Å²) in [5, 5.41) is 21.1. The van der Waals surface area contributed by atoms with Gasteiger partial charge in [-0.05, 0) is 41.0 Å². The van der Waals surface area contributed by atoms with Gasteiger partial charge in [-0.1, -0.05) is 54.6 Å². The van der Waals surface area contributed by atoms with E-state index in [0.29, 0.717) is 28.4 Å². The van der Waals surface area contributed by atoms with Crippen molar-refractivity contribution in [3.8, 4) is 11.5 Å². The molecular formula is C33H34N4O6S. The van der Waals surface area contributed by atoms with Crippen molar-refractivity contribution in [1.82, 2.24) is 19.5 Å². The molecule has 0 saturated carbocycles. The van der Waals surface area contributed by atoms with Crippen LogP contribution in [0.25, 0.3) is 11.2 Å². The average Bonchev–Trinajstić information content (AvgIpc) is 3.68. The molecule has 44 heavy (non-hydrogen) atoms. The van der Waals surface area contributed by atoms with E-state index in [9.17, 15) is 10.2 Å². The molecule has 1 aliphatic heterocycles. The van der Waals surface area contributed by atoms with E-state index >= 15 is 0 Å². The summed E-state index contributed by atoms with van der Waals surface area (Å²) in [5.74, 6) is 1.97. The predicted molar refractivity (Wildman–Crippen MR) is 166 cm³/mol. The normalized spacial score (nSPS) is 18.5. The molecule has 6 rings (SSSR count). The molecule has 1 saturated heterocycles. The first kappa shape index (κ1) is 30.0. The Morgan fingerprint density at radius 1 is 0.886 bits per heavy atom. The number of imidazole rings is 1. The Hall–Kier alpha value is -4.00. The standard InChI is InChI=1S/C33H34N4O6S/c1-40-25-12-8-23(9-13-25)33(22-6-4-3-5-7-22,24-10-14-26(41-2)15-11-24)42-19-28-27(39)18-29(43-28)37-21-36-30-31(37)34-20-35-32(30)44-17-16-38/h3-15,20-21,27-29,38-39H,16-19H2,1-2H3/t27-,28+,29+/m0/s1. The Balaban J connectivity index is 1.33. The van der Waals surface area contributed by atoms with Crippen LogP contribution in [-0.2, 0) is 15.1 Å². The molecule has 0 amide bonds. The lowest BCUT2D eigenvalue weighted by Gasteiger charge is -2.37. The molecule has 3 atom stereocenters. The third kappa shape index (κ3) is 5.76. The Morgan fingerprint density at radius 2 is 1.52 bits per heavy atom. The van der Waals surface area contributed by atoms with Crippen LogP contribution in [0.4, 0.5) is 0 Å². The lowest BCUT2D eigenvalue weighted by atomic mass is 9.80. The lowest BCUT2D eigenvalue weighted by Crippen LogP contribution is -2.38. The fourth-order valence-corrected chi connectivity index (χ4v) is 6.29. The number of aromatic nitrogens is 4. The molecule has 0 radical (unpaired) electrons. The van der Waals surface area contributed by atoms with Crippen LogP contribution in [0.15, 0.2) is 96.5 Å². The summed E-state index contributed by atoms with van der Waals surface area (Å²) in [4.78, 5) is 13.3. The first-order valence-corrected chi connectivity index (χ1v) is 15.3. The van der Waals surface area contributed by atoms with E-state index in [2.05, 4.69) is 15.0 Å². The molecule has 2 aromatic heterocycles. The van der Waals surface area contributed by atoms with Gasteiger partial charge in [-0.25, -0.2) is 15.0 Å². The fraction of sp³-hybridized carbons (Fsp3) is 0.303. The van der Waals surface area contributed by atoms with Crippen LogP contribution in [0, 0.1) is 0 Å². The van der Waals surface area contributed by atoms with E-state index in [4.69, 9.17) is 18.9 Å². The Kier molecular flexibility index (Phi) is 9.10. The van der Waals surface area contributed by atoms with Gasteiger partial charge in [-0.15, -0.1) is 11.8 Å². The SMILES string of the molecule is COc1ccc(C(OC[C@H]2O[C@@H](n3cnc4c(SCCO)ncnc43)C[C@@H]2O)(c2ccccc2)c2ccc(OC)cc2)cc1.